The minimum atomic E-state index is -0.319. The third kappa shape index (κ3) is 2.18. The summed E-state index contributed by atoms with van der Waals surface area (Å²) in [5.41, 5.74) is 7.52. The van der Waals surface area contributed by atoms with Gasteiger partial charge in [-0.25, -0.2) is 0 Å². The molecule has 0 amide bonds. The van der Waals surface area contributed by atoms with Gasteiger partial charge in [-0.05, 0) is 45.5 Å². The minimum absolute atomic E-state index is 0.319. The minimum Gasteiger partial charge on any atom is -0.497 e. The first-order chi connectivity index (χ1) is 13.4. The molecule has 0 atom stereocenters. The van der Waals surface area contributed by atoms with Crippen molar-refractivity contribution in [2.45, 2.75) is 5.41 Å². The Hall–Kier alpha value is -3.32. The fraction of sp³-hybridized carbons (Fsp3) is 0.0769. The number of hydrogen-bond acceptors (Lipinski definition) is 1. The zero-order valence-corrected chi connectivity index (χ0v) is 15.2. The molecule has 1 aliphatic rings. The van der Waals surface area contributed by atoms with Crippen molar-refractivity contribution >= 4 is 0 Å². The van der Waals surface area contributed by atoms with Crippen LogP contribution < -0.4 is 4.74 Å². The molecule has 4 aromatic rings. The monoisotopic (exact) mass is 348 g/mol. The van der Waals surface area contributed by atoms with Crippen molar-refractivity contribution in [3.8, 4) is 16.9 Å². The fourth-order valence-electron chi connectivity index (χ4n) is 4.55. The molecule has 130 valence electrons. The van der Waals surface area contributed by atoms with Crippen molar-refractivity contribution in [2.24, 2.45) is 0 Å². The molecule has 0 heterocycles. The molecule has 4 aromatic carbocycles. The lowest BCUT2D eigenvalue weighted by Crippen LogP contribution is -2.28. The number of methoxy groups -OCH3 is 1. The number of fused-ring (bicyclic) bond motifs is 3. The molecule has 0 bridgehead atoms. The highest BCUT2D eigenvalue weighted by Gasteiger charge is 2.45. The van der Waals surface area contributed by atoms with Gasteiger partial charge in [0.2, 0.25) is 0 Å². The van der Waals surface area contributed by atoms with E-state index in [0.29, 0.717) is 0 Å². The van der Waals surface area contributed by atoms with Crippen molar-refractivity contribution in [3.63, 3.8) is 0 Å². The molecule has 1 heteroatoms. The van der Waals surface area contributed by atoms with Gasteiger partial charge in [-0.1, -0.05) is 91.0 Å². The van der Waals surface area contributed by atoms with Crippen molar-refractivity contribution < 1.29 is 4.74 Å². The van der Waals surface area contributed by atoms with E-state index in [1.807, 2.05) is 0 Å². The van der Waals surface area contributed by atoms with E-state index in [1.54, 1.807) is 7.11 Å². The standard InChI is InChI=1S/C26H20O/c1-27-21-17-15-20(16-18-21)26(19-9-3-2-4-10-19)24-13-7-5-11-22(24)23-12-6-8-14-25(23)26/h2-18H,1H3. The maximum atomic E-state index is 5.41. The Labute approximate surface area is 159 Å². The zero-order valence-electron chi connectivity index (χ0n) is 15.2. The summed E-state index contributed by atoms with van der Waals surface area (Å²) in [5, 5.41) is 0. The van der Waals surface area contributed by atoms with Crippen LogP contribution in [0.5, 0.6) is 5.75 Å². The molecule has 5 rings (SSSR count). The van der Waals surface area contributed by atoms with Crippen molar-refractivity contribution in [1.82, 2.24) is 0 Å². The maximum Gasteiger partial charge on any atom is 0.118 e. The Balaban J connectivity index is 1.92. The Morgan fingerprint density at radius 1 is 0.519 bits per heavy atom. The van der Waals surface area contributed by atoms with Gasteiger partial charge in [0, 0.05) is 0 Å². The van der Waals surface area contributed by atoms with Crippen LogP contribution in [0.15, 0.2) is 103 Å². The summed E-state index contributed by atoms with van der Waals surface area (Å²) >= 11 is 0. The maximum absolute atomic E-state index is 5.41. The van der Waals surface area contributed by atoms with Crippen LogP contribution in [0.4, 0.5) is 0 Å². The van der Waals surface area contributed by atoms with E-state index in [0.717, 1.165) is 5.75 Å². The van der Waals surface area contributed by atoms with E-state index in [1.165, 1.54) is 33.4 Å². The summed E-state index contributed by atoms with van der Waals surface area (Å²) in [6.45, 7) is 0. The molecule has 0 unspecified atom stereocenters. The first-order valence-corrected chi connectivity index (χ1v) is 9.25. The third-order valence-corrected chi connectivity index (χ3v) is 5.68. The van der Waals surface area contributed by atoms with Crippen molar-refractivity contribution in [1.29, 1.82) is 0 Å². The molecule has 0 spiro atoms. The first-order valence-electron chi connectivity index (χ1n) is 9.25. The summed E-state index contributed by atoms with van der Waals surface area (Å²) in [5.74, 6) is 0.876. The molecule has 0 aliphatic heterocycles. The Morgan fingerprint density at radius 3 is 1.56 bits per heavy atom. The molecule has 0 saturated heterocycles. The van der Waals surface area contributed by atoms with Crippen LogP contribution in [0.25, 0.3) is 11.1 Å². The lowest BCUT2D eigenvalue weighted by Gasteiger charge is -2.33. The summed E-state index contributed by atoms with van der Waals surface area (Å²) in [7, 11) is 1.71. The van der Waals surface area contributed by atoms with Crippen LogP contribution >= 0.6 is 0 Å². The fourth-order valence-corrected chi connectivity index (χ4v) is 4.55. The van der Waals surface area contributed by atoms with Crippen LogP contribution in [0.3, 0.4) is 0 Å². The first kappa shape index (κ1) is 15.9. The lowest BCUT2D eigenvalue weighted by molar-refractivity contribution is 0.414. The van der Waals surface area contributed by atoms with Crippen LogP contribution in [0, 0.1) is 0 Å². The average Bonchev–Trinajstić information content (AvgIpc) is 3.06. The van der Waals surface area contributed by atoms with Gasteiger partial charge in [-0.3, -0.25) is 0 Å². The summed E-state index contributed by atoms with van der Waals surface area (Å²) < 4.78 is 5.41. The smallest absolute Gasteiger partial charge is 0.118 e. The number of ether oxygens (including phenoxy) is 1. The van der Waals surface area contributed by atoms with Gasteiger partial charge in [0.25, 0.3) is 0 Å². The van der Waals surface area contributed by atoms with Gasteiger partial charge in [0.15, 0.2) is 0 Å². The second-order valence-electron chi connectivity index (χ2n) is 6.94. The van der Waals surface area contributed by atoms with E-state index in [9.17, 15) is 0 Å². The molecule has 27 heavy (non-hydrogen) atoms. The molecule has 0 N–H and O–H groups in total. The van der Waals surface area contributed by atoms with Crippen LogP contribution in [-0.4, -0.2) is 7.11 Å². The summed E-state index contributed by atoms with van der Waals surface area (Å²) in [6.07, 6.45) is 0. The van der Waals surface area contributed by atoms with Crippen LogP contribution in [-0.2, 0) is 5.41 Å². The van der Waals surface area contributed by atoms with Gasteiger partial charge in [-0.2, -0.15) is 0 Å². The van der Waals surface area contributed by atoms with E-state index in [-0.39, 0.29) is 5.41 Å². The number of rotatable bonds is 3. The molecule has 0 saturated carbocycles. The van der Waals surface area contributed by atoms with Gasteiger partial charge in [0.1, 0.15) is 5.75 Å². The normalized spacial score (nSPS) is 13.7. The van der Waals surface area contributed by atoms with E-state index < -0.39 is 0 Å². The molecular formula is C26H20O. The lowest BCUT2D eigenvalue weighted by atomic mass is 9.68. The quantitative estimate of drug-likeness (QED) is 0.385. The van der Waals surface area contributed by atoms with Crippen LogP contribution in [0.2, 0.25) is 0 Å². The third-order valence-electron chi connectivity index (χ3n) is 5.68. The molecular weight excluding hydrogens is 328 g/mol. The van der Waals surface area contributed by atoms with Gasteiger partial charge >= 0.3 is 0 Å². The highest BCUT2D eigenvalue weighted by Crippen LogP contribution is 2.55. The van der Waals surface area contributed by atoms with E-state index >= 15 is 0 Å². The molecule has 1 aliphatic carbocycles. The average molecular weight is 348 g/mol. The van der Waals surface area contributed by atoms with E-state index in [4.69, 9.17) is 4.74 Å². The molecule has 0 radical (unpaired) electrons. The highest BCUT2D eigenvalue weighted by molar-refractivity contribution is 5.86. The predicted octanol–water partition coefficient (Wildman–Crippen LogP) is 6.06. The second-order valence-corrected chi connectivity index (χ2v) is 6.94. The Morgan fingerprint density at radius 2 is 1.00 bits per heavy atom. The van der Waals surface area contributed by atoms with Gasteiger partial charge in [0.05, 0.1) is 12.5 Å². The molecule has 0 aromatic heterocycles. The summed E-state index contributed by atoms with van der Waals surface area (Å²) in [4.78, 5) is 0. The van der Waals surface area contributed by atoms with Crippen molar-refractivity contribution in [3.05, 3.63) is 125 Å². The van der Waals surface area contributed by atoms with Gasteiger partial charge in [-0.15, -0.1) is 0 Å². The van der Waals surface area contributed by atoms with Gasteiger partial charge < -0.3 is 4.74 Å². The molecule has 0 fully saturated rings. The van der Waals surface area contributed by atoms with Crippen LogP contribution in [0.1, 0.15) is 22.3 Å². The SMILES string of the molecule is COc1ccc(C2(c3ccccc3)c3ccccc3-c3ccccc32)cc1. The second kappa shape index (κ2) is 6.14. The predicted molar refractivity (Wildman–Crippen MR) is 110 cm³/mol. The van der Waals surface area contributed by atoms with E-state index in [2.05, 4.69) is 103 Å². The van der Waals surface area contributed by atoms with Crippen molar-refractivity contribution in [2.75, 3.05) is 7.11 Å². The number of benzene rings is 4. The number of hydrogen-bond donors (Lipinski definition) is 0. The highest BCUT2D eigenvalue weighted by atomic mass is 16.5. The largest absolute Gasteiger partial charge is 0.497 e. The Kier molecular flexibility index (Phi) is 3.61. The zero-order chi connectivity index (χ0) is 18.3. The molecule has 1 nitrogen and oxygen atoms in total. The summed E-state index contributed by atoms with van der Waals surface area (Å²) in [6, 6.07) is 36.9. The Bertz CT molecular complexity index is 1050. The topological polar surface area (TPSA) is 9.23 Å².